The van der Waals surface area contributed by atoms with E-state index in [1.54, 1.807) is 16.6 Å². The first kappa shape index (κ1) is 13.3. The first-order valence-corrected chi connectivity index (χ1v) is 5.81. The van der Waals surface area contributed by atoms with E-state index in [9.17, 15) is 4.79 Å². The number of carbonyl (C=O) groups excluding carboxylic acids is 1. The first-order chi connectivity index (χ1) is 8.01. The van der Waals surface area contributed by atoms with Crippen LogP contribution in [0.1, 0.15) is 19.5 Å². The van der Waals surface area contributed by atoms with Crippen molar-refractivity contribution in [3.8, 4) is 0 Å². The number of aryl methyl sites for hydroxylation is 2. The highest BCUT2D eigenvalue weighted by atomic mass is 16.2. The van der Waals surface area contributed by atoms with Crippen molar-refractivity contribution in [2.24, 2.45) is 7.05 Å². The molecule has 1 rings (SSSR count). The Balaban J connectivity index is 2.64. The van der Waals surface area contributed by atoms with Crippen LogP contribution in [0, 0.1) is 6.92 Å². The van der Waals surface area contributed by atoms with Crippen molar-refractivity contribution < 1.29 is 4.79 Å². The Morgan fingerprint density at radius 1 is 1.47 bits per heavy atom. The summed E-state index contributed by atoms with van der Waals surface area (Å²) in [6.07, 6.45) is 0. The van der Waals surface area contributed by atoms with Crippen molar-refractivity contribution in [3.63, 3.8) is 0 Å². The average Bonchev–Trinajstić information content (AvgIpc) is 2.53. The zero-order valence-corrected chi connectivity index (χ0v) is 10.9. The van der Waals surface area contributed by atoms with E-state index >= 15 is 0 Å². The summed E-state index contributed by atoms with van der Waals surface area (Å²) in [5, 5.41) is 7.21. The lowest BCUT2D eigenvalue weighted by molar-refractivity contribution is -0.128. The highest BCUT2D eigenvalue weighted by molar-refractivity contribution is 5.81. The Morgan fingerprint density at radius 3 is 2.47 bits per heavy atom. The van der Waals surface area contributed by atoms with Crippen LogP contribution >= 0.6 is 0 Å². The molecule has 1 amide bonds. The first-order valence-electron chi connectivity index (χ1n) is 5.81. The van der Waals surface area contributed by atoms with Gasteiger partial charge in [-0.2, -0.15) is 5.10 Å². The standard InChI is InChI=1S/C11H21N5O/c1-5-16(6-2)9(17)7-13-11-10(12)8(3)14-15(11)4/h13H,5-7,12H2,1-4H3. The third-order valence-corrected chi connectivity index (χ3v) is 2.79. The molecule has 0 aliphatic heterocycles. The topological polar surface area (TPSA) is 76.2 Å². The molecule has 0 fully saturated rings. The van der Waals surface area contributed by atoms with Crippen LogP contribution in [0.5, 0.6) is 0 Å². The number of amides is 1. The molecule has 0 saturated heterocycles. The van der Waals surface area contributed by atoms with Crippen molar-refractivity contribution in [3.05, 3.63) is 5.69 Å². The molecule has 0 atom stereocenters. The van der Waals surface area contributed by atoms with E-state index in [-0.39, 0.29) is 12.5 Å². The quantitative estimate of drug-likeness (QED) is 0.788. The molecule has 0 radical (unpaired) electrons. The number of nitrogens with one attached hydrogen (secondary N) is 1. The molecule has 0 bridgehead atoms. The van der Waals surface area contributed by atoms with Gasteiger partial charge in [-0.05, 0) is 20.8 Å². The Morgan fingerprint density at radius 2 is 2.06 bits per heavy atom. The van der Waals surface area contributed by atoms with Crippen LogP contribution in [-0.4, -0.2) is 40.2 Å². The van der Waals surface area contributed by atoms with Crippen LogP contribution < -0.4 is 11.1 Å². The van der Waals surface area contributed by atoms with Gasteiger partial charge in [-0.25, -0.2) is 0 Å². The summed E-state index contributed by atoms with van der Waals surface area (Å²) < 4.78 is 1.65. The second-order valence-electron chi connectivity index (χ2n) is 3.89. The van der Waals surface area contributed by atoms with Crippen LogP contribution in [0.3, 0.4) is 0 Å². The second-order valence-corrected chi connectivity index (χ2v) is 3.89. The van der Waals surface area contributed by atoms with Crippen molar-refractivity contribution in [2.45, 2.75) is 20.8 Å². The fourth-order valence-corrected chi connectivity index (χ4v) is 1.73. The third-order valence-electron chi connectivity index (χ3n) is 2.79. The number of carbonyl (C=O) groups is 1. The normalized spacial score (nSPS) is 10.4. The predicted octanol–water partition coefficient (Wildman–Crippen LogP) is 0.591. The summed E-state index contributed by atoms with van der Waals surface area (Å²) in [6, 6.07) is 0. The molecule has 3 N–H and O–H groups in total. The number of nitrogens with two attached hydrogens (primary N) is 1. The minimum Gasteiger partial charge on any atom is -0.394 e. The summed E-state index contributed by atoms with van der Waals surface area (Å²) in [4.78, 5) is 13.6. The van der Waals surface area contributed by atoms with Gasteiger partial charge < -0.3 is 16.0 Å². The largest absolute Gasteiger partial charge is 0.394 e. The van der Waals surface area contributed by atoms with Gasteiger partial charge in [0.25, 0.3) is 0 Å². The summed E-state index contributed by atoms with van der Waals surface area (Å²) in [5.41, 5.74) is 7.23. The monoisotopic (exact) mass is 239 g/mol. The van der Waals surface area contributed by atoms with Gasteiger partial charge in [0.05, 0.1) is 17.9 Å². The van der Waals surface area contributed by atoms with Gasteiger partial charge in [-0.1, -0.05) is 0 Å². The molecule has 1 heterocycles. The number of rotatable bonds is 5. The van der Waals surface area contributed by atoms with Crippen molar-refractivity contribution >= 4 is 17.4 Å². The molecule has 0 aliphatic rings. The lowest BCUT2D eigenvalue weighted by Gasteiger charge is -2.19. The van der Waals surface area contributed by atoms with Gasteiger partial charge in [-0.3, -0.25) is 9.48 Å². The lowest BCUT2D eigenvalue weighted by atomic mass is 10.4. The van der Waals surface area contributed by atoms with E-state index in [1.807, 2.05) is 20.8 Å². The SMILES string of the molecule is CCN(CC)C(=O)CNc1c(N)c(C)nn1C. The number of aromatic nitrogens is 2. The number of hydrogen-bond acceptors (Lipinski definition) is 4. The number of likely N-dealkylation sites (N-methyl/N-ethyl adjacent to an activating group) is 1. The van der Waals surface area contributed by atoms with Crippen molar-refractivity contribution in [1.82, 2.24) is 14.7 Å². The van der Waals surface area contributed by atoms with Gasteiger partial charge in [0, 0.05) is 20.1 Å². The van der Waals surface area contributed by atoms with Crippen LogP contribution in [0.2, 0.25) is 0 Å². The molecule has 0 spiro atoms. The minimum absolute atomic E-state index is 0.0632. The zero-order valence-electron chi connectivity index (χ0n) is 10.9. The molecule has 6 nitrogen and oxygen atoms in total. The van der Waals surface area contributed by atoms with E-state index in [2.05, 4.69) is 10.4 Å². The van der Waals surface area contributed by atoms with E-state index in [0.717, 1.165) is 18.8 Å². The second kappa shape index (κ2) is 5.56. The maximum Gasteiger partial charge on any atom is 0.241 e. The molecule has 0 aromatic carbocycles. The van der Waals surface area contributed by atoms with Gasteiger partial charge in [0.15, 0.2) is 0 Å². The van der Waals surface area contributed by atoms with E-state index < -0.39 is 0 Å². The minimum atomic E-state index is 0.0632. The molecule has 1 aromatic heterocycles. The van der Waals surface area contributed by atoms with Crippen molar-refractivity contribution in [2.75, 3.05) is 30.7 Å². The summed E-state index contributed by atoms with van der Waals surface area (Å²) in [6.45, 7) is 7.44. The van der Waals surface area contributed by atoms with Crippen LogP contribution in [0.15, 0.2) is 0 Å². The number of hydrogen-bond donors (Lipinski definition) is 2. The molecular formula is C11H21N5O. The van der Waals surface area contributed by atoms with E-state index in [1.165, 1.54) is 0 Å². The van der Waals surface area contributed by atoms with Gasteiger partial charge in [0.2, 0.25) is 5.91 Å². The number of nitrogen functional groups attached to an aromatic ring is 1. The molecule has 0 unspecified atom stereocenters. The number of anilines is 2. The number of nitrogens with zero attached hydrogens (tertiary/aromatic N) is 3. The van der Waals surface area contributed by atoms with Gasteiger partial charge in [0.1, 0.15) is 5.82 Å². The molecule has 0 aliphatic carbocycles. The van der Waals surface area contributed by atoms with Crippen LogP contribution in [0.25, 0.3) is 0 Å². The maximum atomic E-state index is 11.8. The van der Waals surface area contributed by atoms with Crippen molar-refractivity contribution in [1.29, 1.82) is 0 Å². The van der Waals surface area contributed by atoms with E-state index in [4.69, 9.17) is 5.73 Å². The lowest BCUT2D eigenvalue weighted by Crippen LogP contribution is -2.35. The summed E-state index contributed by atoms with van der Waals surface area (Å²) >= 11 is 0. The fraction of sp³-hybridized carbons (Fsp3) is 0.636. The van der Waals surface area contributed by atoms with E-state index in [0.29, 0.717) is 11.5 Å². The highest BCUT2D eigenvalue weighted by Gasteiger charge is 2.13. The highest BCUT2D eigenvalue weighted by Crippen LogP contribution is 2.20. The molecule has 0 saturated carbocycles. The summed E-state index contributed by atoms with van der Waals surface area (Å²) in [7, 11) is 1.80. The van der Waals surface area contributed by atoms with Crippen LogP contribution in [-0.2, 0) is 11.8 Å². The zero-order chi connectivity index (χ0) is 13.0. The Bertz CT molecular complexity index is 395. The van der Waals surface area contributed by atoms with Gasteiger partial charge >= 0.3 is 0 Å². The predicted molar refractivity (Wildman–Crippen MR) is 68.8 cm³/mol. The third kappa shape index (κ3) is 2.89. The molecular weight excluding hydrogens is 218 g/mol. The Hall–Kier alpha value is -1.72. The Kier molecular flexibility index (Phi) is 4.37. The van der Waals surface area contributed by atoms with Crippen LogP contribution in [0.4, 0.5) is 11.5 Å². The Labute approximate surface area is 102 Å². The summed E-state index contributed by atoms with van der Waals surface area (Å²) in [5.74, 6) is 0.760. The molecule has 6 heteroatoms. The molecule has 96 valence electrons. The van der Waals surface area contributed by atoms with Gasteiger partial charge in [-0.15, -0.1) is 0 Å². The average molecular weight is 239 g/mol. The fourth-order valence-electron chi connectivity index (χ4n) is 1.73. The smallest absolute Gasteiger partial charge is 0.241 e. The maximum absolute atomic E-state index is 11.8. The molecule has 1 aromatic rings. The molecule has 17 heavy (non-hydrogen) atoms.